The van der Waals surface area contributed by atoms with E-state index >= 15 is 0 Å². The van der Waals surface area contributed by atoms with Crippen molar-refractivity contribution in [1.29, 1.82) is 0 Å². The lowest BCUT2D eigenvalue weighted by atomic mass is 10.2. The number of rotatable bonds is 6. The third kappa shape index (κ3) is 3.74. The molecule has 0 unspecified atom stereocenters. The number of aliphatic hydroxyl groups is 1. The van der Waals surface area contributed by atoms with Gasteiger partial charge < -0.3 is 20.1 Å². The molecule has 8 nitrogen and oxygen atoms in total. The van der Waals surface area contributed by atoms with Crippen molar-refractivity contribution in [3.63, 3.8) is 0 Å². The maximum absolute atomic E-state index is 12.6. The number of amides is 1. The van der Waals surface area contributed by atoms with Gasteiger partial charge in [-0.05, 0) is 38.1 Å². The van der Waals surface area contributed by atoms with E-state index in [0.717, 1.165) is 11.4 Å². The van der Waals surface area contributed by atoms with Gasteiger partial charge in [0, 0.05) is 17.9 Å². The Bertz CT molecular complexity index is 967. The van der Waals surface area contributed by atoms with Gasteiger partial charge >= 0.3 is 5.97 Å². The highest BCUT2D eigenvalue weighted by atomic mass is 35.5. The number of nitrogens with zero attached hydrogens (tertiary/aromatic N) is 3. The first-order chi connectivity index (χ1) is 13.3. The normalized spacial score (nSPS) is 14.0. The van der Waals surface area contributed by atoms with Gasteiger partial charge in [0.05, 0.1) is 42.2 Å². The van der Waals surface area contributed by atoms with Crippen LogP contribution >= 0.6 is 11.6 Å². The Balaban J connectivity index is 1.91. The lowest BCUT2D eigenvalue weighted by molar-refractivity contribution is -0.136. The number of β-amino-alcohol motifs (C(OH)–C–C–N with tert-alkyl or cyclic N) is 1. The lowest BCUT2D eigenvalue weighted by Crippen LogP contribution is -2.31. The van der Waals surface area contributed by atoms with Crippen molar-refractivity contribution >= 4 is 29.2 Å². The lowest BCUT2D eigenvalue weighted by Gasteiger charge is -2.15. The van der Waals surface area contributed by atoms with Crippen LogP contribution in [0, 0.1) is 13.8 Å². The van der Waals surface area contributed by atoms with Gasteiger partial charge in [0.25, 0.3) is 5.91 Å². The number of aliphatic hydroxyl groups excluding tert-OH is 1. The van der Waals surface area contributed by atoms with E-state index in [1.807, 2.05) is 19.9 Å². The fourth-order valence-electron chi connectivity index (χ4n) is 3.12. The van der Waals surface area contributed by atoms with Gasteiger partial charge in [-0.15, -0.1) is 0 Å². The predicted octanol–water partition coefficient (Wildman–Crippen LogP) is 1.82. The zero-order chi connectivity index (χ0) is 20.4. The topological polar surface area (TPSA) is 96.7 Å². The summed E-state index contributed by atoms with van der Waals surface area (Å²) in [4.78, 5) is 26.0. The summed E-state index contributed by atoms with van der Waals surface area (Å²) in [5.74, 6) is -0.977. The van der Waals surface area contributed by atoms with Crippen molar-refractivity contribution in [2.75, 3.05) is 32.1 Å². The van der Waals surface area contributed by atoms with Crippen molar-refractivity contribution in [3.05, 3.63) is 51.9 Å². The molecule has 0 atom stereocenters. The summed E-state index contributed by atoms with van der Waals surface area (Å²) in [7, 11) is 1.26. The molecule has 0 aliphatic carbocycles. The maximum atomic E-state index is 12.6. The van der Waals surface area contributed by atoms with Crippen LogP contribution in [0.25, 0.3) is 5.69 Å². The molecule has 28 heavy (non-hydrogen) atoms. The van der Waals surface area contributed by atoms with E-state index in [9.17, 15) is 9.59 Å². The number of benzene rings is 1. The Morgan fingerprint density at radius 1 is 1.36 bits per heavy atom. The average molecular weight is 405 g/mol. The van der Waals surface area contributed by atoms with E-state index in [2.05, 4.69) is 10.4 Å². The Hall–Kier alpha value is -2.84. The van der Waals surface area contributed by atoms with Crippen LogP contribution in [0.15, 0.2) is 35.5 Å². The van der Waals surface area contributed by atoms with Crippen molar-refractivity contribution in [2.45, 2.75) is 13.8 Å². The first-order valence-corrected chi connectivity index (χ1v) is 9.05. The molecular weight excluding hydrogens is 384 g/mol. The number of anilines is 1. The number of halogens is 1. The Labute approximate surface area is 167 Å². The van der Waals surface area contributed by atoms with Crippen molar-refractivity contribution in [2.24, 2.45) is 0 Å². The van der Waals surface area contributed by atoms with Gasteiger partial charge in [-0.2, -0.15) is 5.10 Å². The van der Waals surface area contributed by atoms with Gasteiger partial charge in [-0.1, -0.05) is 11.6 Å². The highest BCUT2D eigenvalue weighted by Crippen LogP contribution is 2.28. The van der Waals surface area contributed by atoms with E-state index in [-0.39, 0.29) is 36.9 Å². The van der Waals surface area contributed by atoms with Crippen LogP contribution in [0.1, 0.15) is 11.4 Å². The minimum atomic E-state index is -0.596. The van der Waals surface area contributed by atoms with Crippen LogP contribution in [-0.4, -0.2) is 58.5 Å². The number of hydrogen-bond donors (Lipinski definition) is 2. The van der Waals surface area contributed by atoms with Crippen molar-refractivity contribution in [1.82, 2.24) is 14.7 Å². The summed E-state index contributed by atoms with van der Waals surface area (Å²) in [5.41, 5.74) is 3.41. The monoisotopic (exact) mass is 404 g/mol. The summed E-state index contributed by atoms with van der Waals surface area (Å²) in [6, 6.07) is 7.15. The molecule has 3 rings (SSSR count). The smallest absolute Gasteiger partial charge is 0.337 e. The molecule has 1 aliphatic rings. The second-order valence-corrected chi connectivity index (χ2v) is 6.83. The minimum absolute atomic E-state index is 0.0754. The molecule has 1 aromatic heterocycles. The molecule has 0 radical (unpaired) electrons. The highest BCUT2D eigenvalue weighted by molar-refractivity contribution is 6.32. The number of aromatic nitrogens is 2. The molecule has 1 amide bonds. The molecule has 1 aromatic carbocycles. The summed E-state index contributed by atoms with van der Waals surface area (Å²) in [6.45, 7) is 3.84. The van der Waals surface area contributed by atoms with Crippen LogP contribution in [0.3, 0.4) is 0 Å². The van der Waals surface area contributed by atoms with Crippen LogP contribution in [0.4, 0.5) is 5.69 Å². The fraction of sp³-hybridized carbons (Fsp3) is 0.316. The Morgan fingerprint density at radius 2 is 2.11 bits per heavy atom. The van der Waals surface area contributed by atoms with E-state index in [4.69, 9.17) is 21.4 Å². The third-order valence-electron chi connectivity index (χ3n) is 4.41. The molecule has 1 aliphatic heterocycles. The Kier molecular flexibility index (Phi) is 5.71. The van der Waals surface area contributed by atoms with Crippen molar-refractivity contribution < 1.29 is 19.4 Å². The Morgan fingerprint density at radius 3 is 2.68 bits per heavy atom. The standard InChI is InChI=1S/C19H21ClN4O4/c1-11-8-12(2)24(22-11)16-5-4-13(9-15(16)20)21-17-14(19(27)28-3)10-23(6-7-25)18(17)26/h4-5,8-9,21,25H,6-7,10H2,1-3H3. The first-order valence-electron chi connectivity index (χ1n) is 8.67. The van der Waals surface area contributed by atoms with Gasteiger partial charge in [0.15, 0.2) is 0 Å². The number of carbonyl (C=O) groups excluding carboxylic acids is 2. The fourth-order valence-corrected chi connectivity index (χ4v) is 3.38. The summed E-state index contributed by atoms with van der Waals surface area (Å²) < 4.78 is 6.52. The molecule has 2 aromatic rings. The molecule has 2 N–H and O–H groups in total. The van der Waals surface area contributed by atoms with Gasteiger partial charge in [-0.3, -0.25) is 4.79 Å². The van der Waals surface area contributed by atoms with Crippen LogP contribution in [0.5, 0.6) is 0 Å². The second-order valence-electron chi connectivity index (χ2n) is 6.43. The van der Waals surface area contributed by atoms with Gasteiger partial charge in [0.1, 0.15) is 5.70 Å². The molecule has 0 saturated heterocycles. The van der Waals surface area contributed by atoms with E-state index in [0.29, 0.717) is 16.4 Å². The number of nitrogens with one attached hydrogen (secondary N) is 1. The number of ether oxygens (including phenoxy) is 1. The minimum Gasteiger partial charge on any atom is -0.466 e. The summed E-state index contributed by atoms with van der Waals surface area (Å²) in [6.07, 6.45) is 0. The number of aryl methyl sites for hydroxylation is 2. The molecular formula is C19H21ClN4O4. The third-order valence-corrected chi connectivity index (χ3v) is 4.71. The molecule has 0 fully saturated rings. The van der Waals surface area contributed by atoms with Crippen molar-refractivity contribution in [3.8, 4) is 5.69 Å². The number of methoxy groups -OCH3 is 1. The first kappa shape index (κ1) is 19.9. The van der Waals surface area contributed by atoms with Crippen LogP contribution in [0.2, 0.25) is 5.02 Å². The SMILES string of the molecule is COC(=O)C1=C(Nc2ccc(-n3nc(C)cc3C)c(Cl)c2)C(=O)N(CCO)C1. The molecule has 0 bridgehead atoms. The largest absolute Gasteiger partial charge is 0.466 e. The second kappa shape index (κ2) is 8.04. The van der Waals surface area contributed by atoms with Gasteiger partial charge in [-0.25, -0.2) is 9.48 Å². The maximum Gasteiger partial charge on any atom is 0.337 e. The summed E-state index contributed by atoms with van der Waals surface area (Å²) in [5, 5.41) is 17.0. The van der Waals surface area contributed by atoms with Crippen LogP contribution < -0.4 is 5.32 Å². The van der Waals surface area contributed by atoms with Crippen LogP contribution in [-0.2, 0) is 14.3 Å². The molecule has 0 saturated carbocycles. The number of hydrogen-bond acceptors (Lipinski definition) is 6. The van der Waals surface area contributed by atoms with E-state index in [1.165, 1.54) is 12.0 Å². The average Bonchev–Trinajstić information content (AvgIpc) is 3.15. The molecule has 148 valence electrons. The quantitative estimate of drug-likeness (QED) is 0.713. The van der Waals surface area contributed by atoms with E-state index in [1.54, 1.807) is 22.9 Å². The molecule has 9 heteroatoms. The number of carbonyl (C=O) groups is 2. The predicted molar refractivity (Wildman–Crippen MR) is 104 cm³/mol. The zero-order valence-corrected chi connectivity index (χ0v) is 16.6. The van der Waals surface area contributed by atoms with Gasteiger partial charge in [0.2, 0.25) is 0 Å². The highest BCUT2D eigenvalue weighted by Gasteiger charge is 2.34. The zero-order valence-electron chi connectivity index (χ0n) is 15.8. The molecule has 0 spiro atoms. The van der Waals surface area contributed by atoms with E-state index < -0.39 is 5.97 Å². The molecule has 2 heterocycles. The summed E-state index contributed by atoms with van der Waals surface area (Å²) >= 11 is 6.43. The number of esters is 1.